The van der Waals surface area contributed by atoms with E-state index in [1.54, 1.807) is 0 Å². The molecule has 146 valence electrons. The van der Waals surface area contributed by atoms with E-state index in [2.05, 4.69) is 122 Å². The first-order valence-corrected chi connectivity index (χ1v) is 10.6. The van der Waals surface area contributed by atoms with Crippen molar-refractivity contribution in [1.29, 1.82) is 0 Å². The Bertz CT molecular complexity index is 1590. The molecule has 1 heteroatoms. The monoisotopic (exact) mass is 395 g/mol. The molecule has 0 saturated carbocycles. The number of fused-ring (bicyclic) bond motifs is 2. The van der Waals surface area contributed by atoms with Gasteiger partial charge in [0, 0.05) is 30.9 Å². The minimum Gasteiger partial charge on any atom is -0.378 e. The summed E-state index contributed by atoms with van der Waals surface area (Å²) in [4.78, 5) is 2.10. The molecule has 0 atom stereocenters. The summed E-state index contributed by atoms with van der Waals surface area (Å²) in [5.41, 5.74) is 3.28. The van der Waals surface area contributed by atoms with Gasteiger partial charge in [-0.15, -0.1) is 0 Å². The van der Waals surface area contributed by atoms with Crippen LogP contribution in [0.15, 0.2) is 91.0 Å². The zero-order valence-electron chi connectivity index (χ0n) is 17.6. The molecule has 31 heavy (non-hydrogen) atoms. The predicted molar refractivity (Wildman–Crippen MR) is 134 cm³/mol. The molecular formula is C30H21N. The van der Waals surface area contributed by atoms with Crippen LogP contribution in [0.5, 0.6) is 0 Å². The number of hydrogen-bond donors (Lipinski definition) is 0. The SMILES string of the molecule is CN(C)c1ccc(C#Cc2ccc3c4cccc5cccc(c6cccc2c63)c54)cc1. The van der Waals surface area contributed by atoms with Crippen LogP contribution in [-0.2, 0) is 0 Å². The molecule has 0 saturated heterocycles. The number of anilines is 1. The van der Waals surface area contributed by atoms with E-state index in [-0.39, 0.29) is 0 Å². The van der Waals surface area contributed by atoms with Gasteiger partial charge in [-0.3, -0.25) is 0 Å². The van der Waals surface area contributed by atoms with Gasteiger partial charge in [-0.25, -0.2) is 0 Å². The maximum absolute atomic E-state index is 3.44. The first kappa shape index (κ1) is 17.8. The van der Waals surface area contributed by atoms with E-state index in [0.29, 0.717) is 0 Å². The molecule has 0 amide bonds. The summed E-state index contributed by atoms with van der Waals surface area (Å²) in [6.45, 7) is 0. The van der Waals surface area contributed by atoms with Gasteiger partial charge in [-0.1, -0.05) is 72.5 Å². The van der Waals surface area contributed by atoms with Crippen LogP contribution in [0.1, 0.15) is 11.1 Å². The lowest BCUT2D eigenvalue weighted by atomic mass is 9.88. The Kier molecular flexibility index (Phi) is 3.88. The molecule has 0 N–H and O–H groups in total. The summed E-state index contributed by atoms with van der Waals surface area (Å²) in [5, 5.41) is 10.4. The number of benzene rings is 6. The lowest BCUT2D eigenvalue weighted by Gasteiger charge is -2.15. The molecule has 0 aliphatic heterocycles. The molecule has 0 fully saturated rings. The molecule has 0 heterocycles. The fourth-order valence-corrected chi connectivity index (χ4v) is 4.74. The number of nitrogens with zero attached hydrogens (tertiary/aromatic N) is 1. The largest absolute Gasteiger partial charge is 0.378 e. The van der Waals surface area contributed by atoms with Crippen LogP contribution >= 0.6 is 0 Å². The molecule has 0 radical (unpaired) electrons. The maximum atomic E-state index is 3.44. The van der Waals surface area contributed by atoms with Crippen LogP contribution in [0.3, 0.4) is 0 Å². The van der Waals surface area contributed by atoms with Gasteiger partial charge in [-0.2, -0.15) is 0 Å². The Morgan fingerprint density at radius 3 is 1.77 bits per heavy atom. The third kappa shape index (κ3) is 2.73. The van der Waals surface area contributed by atoms with Gasteiger partial charge in [0.1, 0.15) is 0 Å². The Balaban J connectivity index is 1.61. The van der Waals surface area contributed by atoms with Crippen molar-refractivity contribution in [3.05, 3.63) is 102 Å². The van der Waals surface area contributed by atoms with Crippen molar-refractivity contribution in [3.63, 3.8) is 0 Å². The molecule has 0 spiro atoms. The minimum atomic E-state index is 1.03. The van der Waals surface area contributed by atoms with Crippen molar-refractivity contribution in [2.45, 2.75) is 0 Å². The summed E-state index contributed by atoms with van der Waals surface area (Å²) in [5.74, 6) is 6.80. The average molecular weight is 396 g/mol. The van der Waals surface area contributed by atoms with Crippen molar-refractivity contribution in [1.82, 2.24) is 0 Å². The van der Waals surface area contributed by atoms with Gasteiger partial charge in [0.25, 0.3) is 0 Å². The molecule has 0 bridgehead atoms. The van der Waals surface area contributed by atoms with Crippen LogP contribution in [0, 0.1) is 11.8 Å². The fourth-order valence-electron chi connectivity index (χ4n) is 4.74. The van der Waals surface area contributed by atoms with Crippen molar-refractivity contribution in [3.8, 4) is 11.8 Å². The van der Waals surface area contributed by atoms with E-state index in [1.165, 1.54) is 48.8 Å². The average Bonchev–Trinajstić information content (AvgIpc) is 2.81. The van der Waals surface area contributed by atoms with E-state index < -0.39 is 0 Å². The second-order valence-corrected chi connectivity index (χ2v) is 8.29. The van der Waals surface area contributed by atoms with Crippen LogP contribution < -0.4 is 4.90 Å². The van der Waals surface area contributed by atoms with Crippen molar-refractivity contribution >= 4 is 48.8 Å². The zero-order valence-corrected chi connectivity index (χ0v) is 17.6. The Labute approximate surface area is 181 Å². The topological polar surface area (TPSA) is 3.24 Å². The van der Waals surface area contributed by atoms with Gasteiger partial charge in [0.05, 0.1) is 0 Å². The molecule has 6 aromatic carbocycles. The Morgan fingerprint density at radius 2 is 1.10 bits per heavy atom. The van der Waals surface area contributed by atoms with Crippen molar-refractivity contribution in [2.24, 2.45) is 0 Å². The van der Waals surface area contributed by atoms with E-state index in [1.807, 2.05) is 0 Å². The highest BCUT2D eigenvalue weighted by molar-refractivity contribution is 6.33. The lowest BCUT2D eigenvalue weighted by Crippen LogP contribution is -2.07. The van der Waals surface area contributed by atoms with E-state index in [0.717, 1.165) is 11.1 Å². The number of hydrogen-bond acceptors (Lipinski definition) is 1. The third-order valence-electron chi connectivity index (χ3n) is 6.25. The van der Waals surface area contributed by atoms with E-state index in [4.69, 9.17) is 0 Å². The summed E-state index contributed by atoms with van der Waals surface area (Å²) >= 11 is 0. The van der Waals surface area contributed by atoms with Gasteiger partial charge in [-0.05, 0) is 73.4 Å². The summed E-state index contributed by atoms with van der Waals surface area (Å²) in [6.07, 6.45) is 0. The highest BCUT2D eigenvalue weighted by Crippen LogP contribution is 2.40. The Morgan fingerprint density at radius 1 is 0.516 bits per heavy atom. The first-order valence-electron chi connectivity index (χ1n) is 10.6. The quantitative estimate of drug-likeness (QED) is 0.162. The highest BCUT2D eigenvalue weighted by atomic mass is 15.1. The number of rotatable bonds is 1. The molecule has 6 rings (SSSR count). The second-order valence-electron chi connectivity index (χ2n) is 8.29. The molecule has 0 unspecified atom stereocenters. The smallest absolute Gasteiger partial charge is 0.0361 e. The molecular weight excluding hydrogens is 374 g/mol. The zero-order chi connectivity index (χ0) is 20.9. The van der Waals surface area contributed by atoms with Gasteiger partial charge < -0.3 is 4.90 Å². The molecule has 1 nitrogen and oxygen atoms in total. The molecule has 0 aromatic heterocycles. The van der Waals surface area contributed by atoms with Crippen molar-refractivity contribution < 1.29 is 0 Å². The normalized spacial score (nSPS) is 11.3. The molecule has 6 aromatic rings. The molecule has 0 aliphatic rings. The maximum Gasteiger partial charge on any atom is 0.0361 e. The Hall–Kier alpha value is -4.02. The fraction of sp³-hybridized carbons (Fsp3) is 0.0667. The van der Waals surface area contributed by atoms with E-state index in [9.17, 15) is 0 Å². The third-order valence-corrected chi connectivity index (χ3v) is 6.25. The van der Waals surface area contributed by atoms with Gasteiger partial charge in [0.2, 0.25) is 0 Å². The molecule has 0 aliphatic carbocycles. The van der Waals surface area contributed by atoms with Crippen LogP contribution in [-0.4, -0.2) is 14.1 Å². The summed E-state index contributed by atoms with van der Waals surface area (Å²) in [7, 11) is 4.10. The van der Waals surface area contributed by atoms with Crippen LogP contribution in [0.2, 0.25) is 0 Å². The van der Waals surface area contributed by atoms with E-state index >= 15 is 0 Å². The lowest BCUT2D eigenvalue weighted by molar-refractivity contribution is 1.13. The highest BCUT2D eigenvalue weighted by Gasteiger charge is 2.13. The standard InChI is InChI=1S/C30H21N/c1-31(2)23-17-13-20(14-18-23)12-15-21-16-19-28-26-10-4-7-22-6-3-9-25(29(22)26)27-11-5-8-24(21)30(27)28/h3-11,13-14,16-19H,1-2H3. The first-order chi connectivity index (χ1) is 15.2. The minimum absolute atomic E-state index is 1.03. The van der Waals surface area contributed by atoms with Gasteiger partial charge >= 0.3 is 0 Å². The van der Waals surface area contributed by atoms with Gasteiger partial charge in [0.15, 0.2) is 0 Å². The van der Waals surface area contributed by atoms with Crippen LogP contribution in [0.4, 0.5) is 5.69 Å². The summed E-state index contributed by atoms with van der Waals surface area (Å²) in [6, 6.07) is 32.6. The predicted octanol–water partition coefficient (Wildman–Crippen LogP) is 7.20. The van der Waals surface area contributed by atoms with Crippen molar-refractivity contribution in [2.75, 3.05) is 19.0 Å². The summed E-state index contributed by atoms with van der Waals surface area (Å²) < 4.78 is 0. The second kappa shape index (κ2) is 6.76. The van der Waals surface area contributed by atoms with Crippen LogP contribution in [0.25, 0.3) is 43.1 Å².